The minimum atomic E-state index is -4.82. The summed E-state index contributed by atoms with van der Waals surface area (Å²) in [6, 6.07) is 1.30. The molecule has 2 fully saturated rings. The van der Waals surface area contributed by atoms with Gasteiger partial charge in [0.2, 0.25) is 5.88 Å². The first kappa shape index (κ1) is 30.5. The van der Waals surface area contributed by atoms with Crippen molar-refractivity contribution in [2.75, 3.05) is 7.11 Å². The number of pyridine rings is 1. The lowest BCUT2D eigenvalue weighted by Gasteiger charge is -2.39. The molecule has 2 aliphatic rings. The van der Waals surface area contributed by atoms with Gasteiger partial charge in [0.25, 0.3) is 0 Å². The van der Waals surface area contributed by atoms with Crippen LogP contribution in [0.15, 0.2) is 42.6 Å². The molecular formula is C27H25F9N2O3. The Bertz CT molecular complexity index is 1320. The molecule has 3 heterocycles. The van der Waals surface area contributed by atoms with Gasteiger partial charge in [-0.15, -0.1) is 0 Å². The standard InChI is InChI=1S/C27H25F9N2O3/c1-13(9-14(2)25(28,29)30)22-21-6-4-5-20(38(21)24(39)41-22)18-10-15(26(31,32)33)7-8-17(18)19-11-16(27(34,35)36)12-37-23(19)40-3/h7-8,10-13,20-22H,2,4-6,9H2,1,3H3. The van der Waals surface area contributed by atoms with Gasteiger partial charge in [0.15, 0.2) is 0 Å². The summed E-state index contributed by atoms with van der Waals surface area (Å²) < 4.78 is 132. The van der Waals surface area contributed by atoms with E-state index in [1.165, 1.54) is 11.8 Å². The van der Waals surface area contributed by atoms with Gasteiger partial charge >= 0.3 is 24.6 Å². The second kappa shape index (κ2) is 10.8. The number of alkyl halides is 9. The number of hydrogen-bond donors (Lipinski definition) is 0. The Hall–Kier alpha value is -3.45. The minimum Gasteiger partial charge on any atom is -0.481 e. The number of carbonyl (C=O) groups excluding carboxylic acids is 1. The number of rotatable bonds is 6. The number of halogens is 9. The van der Waals surface area contributed by atoms with E-state index < -0.39 is 71.8 Å². The zero-order valence-corrected chi connectivity index (χ0v) is 21.8. The Morgan fingerprint density at radius 1 is 1.05 bits per heavy atom. The lowest BCUT2D eigenvalue weighted by Crippen LogP contribution is -2.44. The van der Waals surface area contributed by atoms with Gasteiger partial charge in [-0.25, -0.2) is 9.78 Å². The summed E-state index contributed by atoms with van der Waals surface area (Å²) in [7, 11) is 1.14. The average molecular weight is 596 g/mol. The third-order valence-corrected chi connectivity index (χ3v) is 7.43. The van der Waals surface area contributed by atoms with Crippen molar-refractivity contribution >= 4 is 6.09 Å². The number of benzene rings is 1. The molecule has 2 aliphatic heterocycles. The van der Waals surface area contributed by atoms with E-state index in [1.54, 1.807) is 0 Å². The Morgan fingerprint density at radius 3 is 2.29 bits per heavy atom. The second-order valence-electron chi connectivity index (χ2n) is 10.1. The van der Waals surface area contributed by atoms with Crippen molar-refractivity contribution in [2.45, 2.75) is 69.3 Å². The van der Waals surface area contributed by atoms with Crippen LogP contribution in [0.5, 0.6) is 5.88 Å². The smallest absolute Gasteiger partial charge is 0.417 e. The maximum atomic E-state index is 13.8. The molecule has 2 saturated heterocycles. The predicted molar refractivity (Wildman–Crippen MR) is 128 cm³/mol. The van der Waals surface area contributed by atoms with E-state index in [2.05, 4.69) is 11.6 Å². The average Bonchev–Trinajstić information content (AvgIpc) is 3.23. The van der Waals surface area contributed by atoms with Gasteiger partial charge in [-0.2, -0.15) is 39.5 Å². The molecule has 2 aromatic rings. The van der Waals surface area contributed by atoms with Crippen LogP contribution >= 0.6 is 0 Å². The van der Waals surface area contributed by atoms with Crippen molar-refractivity contribution in [3.63, 3.8) is 0 Å². The second-order valence-corrected chi connectivity index (χ2v) is 10.1. The van der Waals surface area contributed by atoms with E-state index >= 15 is 0 Å². The highest BCUT2D eigenvalue weighted by atomic mass is 19.4. The molecule has 5 nitrogen and oxygen atoms in total. The molecule has 1 aromatic carbocycles. The number of ether oxygens (including phenoxy) is 2. The number of allylic oxidation sites excluding steroid dienone is 1. The van der Waals surface area contributed by atoms with Crippen molar-refractivity contribution in [2.24, 2.45) is 5.92 Å². The van der Waals surface area contributed by atoms with Crippen LogP contribution in [-0.4, -0.2) is 41.4 Å². The third-order valence-electron chi connectivity index (χ3n) is 7.43. The van der Waals surface area contributed by atoms with E-state index in [-0.39, 0.29) is 29.0 Å². The number of hydrogen-bond acceptors (Lipinski definition) is 4. The van der Waals surface area contributed by atoms with Crippen molar-refractivity contribution in [3.05, 3.63) is 59.3 Å². The molecule has 41 heavy (non-hydrogen) atoms. The van der Waals surface area contributed by atoms with Gasteiger partial charge in [0, 0.05) is 17.3 Å². The fraction of sp³-hybridized carbons (Fsp3) is 0.481. The maximum absolute atomic E-state index is 13.8. The molecule has 0 spiro atoms. The van der Waals surface area contributed by atoms with Crippen molar-refractivity contribution < 1.29 is 53.8 Å². The van der Waals surface area contributed by atoms with Gasteiger partial charge in [0.05, 0.1) is 30.3 Å². The van der Waals surface area contributed by atoms with Gasteiger partial charge in [-0.1, -0.05) is 19.6 Å². The van der Waals surface area contributed by atoms with Crippen LogP contribution in [0.3, 0.4) is 0 Å². The molecule has 0 N–H and O–H groups in total. The number of carbonyl (C=O) groups is 1. The van der Waals surface area contributed by atoms with Crippen molar-refractivity contribution in [1.82, 2.24) is 9.88 Å². The van der Waals surface area contributed by atoms with E-state index in [9.17, 15) is 44.3 Å². The summed E-state index contributed by atoms with van der Waals surface area (Å²) in [5, 5.41) is 0. The van der Waals surface area contributed by atoms with Crippen LogP contribution in [0.2, 0.25) is 0 Å². The normalized spacial score (nSPS) is 22.3. The highest BCUT2D eigenvalue weighted by Crippen LogP contribution is 2.48. The molecule has 0 aliphatic carbocycles. The van der Waals surface area contributed by atoms with Crippen molar-refractivity contribution in [3.8, 4) is 17.0 Å². The molecule has 4 atom stereocenters. The molecule has 0 bridgehead atoms. The summed E-state index contributed by atoms with van der Waals surface area (Å²) >= 11 is 0. The highest BCUT2D eigenvalue weighted by Gasteiger charge is 2.50. The summed E-state index contributed by atoms with van der Waals surface area (Å²) in [5.74, 6) is -1.11. The van der Waals surface area contributed by atoms with E-state index in [0.717, 1.165) is 19.2 Å². The SMILES string of the molecule is C=C(CC(C)C1OC(=O)N2C(c3cc(C(F)(F)F)ccc3-c3cc(C(F)(F)F)cnc3OC)CCCC12)C(F)(F)F. The van der Waals surface area contributed by atoms with Gasteiger partial charge in [-0.05, 0) is 60.9 Å². The maximum Gasteiger partial charge on any atom is 0.417 e. The van der Waals surface area contributed by atoms with Crippen molar-refractivity contribution in [1.29, 1.82) is 0 Å². The Labute approximate surface area is 228 Å². The van der Waals surface area contributed by atoms with Crippen LogP contribution in [0.1, 0.15) is 55.3 Å². The largest absolute Gasteiger partial charge is 0.481 e. The van der Waals surface area contributed by atoms with Gasteiger partial charge in [0.1, 0.15) is 6.10 Å². The molecule has 0 radical (unpaired) electrons. The number of amides is 1. The van der Waals surface area contributed by atoms with E-state index in [0.29, 0.717) is 31.2 Å². The van der Waals surface area contributed by atoms with Crippen LogP contribution < -0.4 is 4.74 Å². The fourth-order valence-electron chi connectivity index (χ4n) is 5.51. The summed E-state index contributed by atoms with van der Waals surface area (Å²) in [6.45, 7) is 4.51. The van der Waals surface area contributed by atoms with Crippen LogP contribution in [-0.2, 0) is 17.1 Å². The van der Waals surface area contributed by atoms with E-state index in [1.807, 2.05) is 0 Å². The van der Waals surface area contributed by atoms with Gasteiger partial charge < -0.3 is 9.47 Å². The predicted octanol–water partition coefficient (Wildman–Crippen LogP) is 8.35. The number of nitrogens with zero attached hydrogens (tertiary/aromatic N) is 2. The Morgan fingerprint density at radius 2 is 1.71 bits per heavy atom. The number of piperidine rings is 1. The highest BCUT2D eigenvalue weighted by molar-refractivity contribution is 5.76. The summed E-state index contributed by atoms with van der Waals surface area (Å²) in [6.07, 6.45) is -15.5. The zero-order chi connectivity index (χ0) is 30.5. The first-order valence-electron chi connectivity index (χ1n) is 12.5. The zero-order valence-electron chi connectivity index (χ0n) is 21.8. The number of cyclic esters (lactones) is 1. The third kappa shape index (κ3) is 6.10. The monoisotopic (exact) mass is 596 g/mol. The first-order chi connectivity index (χ1) is 18.9. The Kier molecular flexibility index (Phi) is 8.00. The molecule has 1 aromatic heterocycles. The number of methoxy groups -OCH3 is 1. The topological polar surface area (TPSA) is 51.7 Å². The lowest BCUT2D eigenvalue weighted by atomic mass is 9.82. The van der Waals surface area contributed by atoms with Crippen LogP contribution in [0, 0.1) is 5.92 Å². The molecule has 1 amide bonds. The number of aromatic nitrogens is 1. The van der Waals surface area contributed by atoms with Crippen LogP contribution in [0.25, 0.3) is 11.1 Å². The van der Waals surface area contributed by atoms with E-state index in [4.69, 9.17) is 9.47 Å². The summed E-state index contributed by atoms with van der Waals surface area (Å²) in [4.78, 5) is 18.0. The molecule has 4 rings (SSSR count). The first-order valence-corrected chi connectivity index (χ1v) is 12.5. The molecule has 4 unspecified atom stereocenters. The molecule has 224 valence electrons. The summed E-state index contributed by atoms with van der Waals surface area (Å²) in [5.41, 5.74) is -3.72. The van der Waals surface area contributed by atoms with Crippen LogP contribution in [0.4, 0.5) is 44.3 Å². The Balaban J connectivity index is 1.81. The number of fused-ring (bicyclic) bond motifs is 1. The fourth-order valence-corrected chi connectivity index (χ4v) is 5.51. The minimum absolute atomic E-state index is 0.0751. The quantitative estimate of drug-likeness (QED) is 0.249. The van der Waals surface area contributed by atoms with Gasteiger partial charge in [-0.3, -0.25) is 4.90 Å². The lowest BCUT2D eigenvalue weighted by molar-refractivity contribution is -0.138. The molecule has 0 saturated carbocycles. The molecular weight excluding hydrogens is 571 g/mol. The molecule has 14 heteroatoms.